The molecule has 0 aliphatic carbocycles. The van der Waals surface area contributed by atoms with Crippen molar-refractivity contribution in [3.8, 4) is 0 Å². The molecule has 22 heavy (non-hydrogen) atoms. The molecule has 1 atom stereocenters. The van der Waals surface area contributed by atoms with E-state index in [1.54, 1.807) is 24.3 Å². The number of hydrogen-bond acceptors (Lipinski definition) is 2. The van der Waals surface area contributed by atoms with Crippen LogP contribution in [0.4, 0.5) is 0 Å². The predicted octanol–water partition coefficient (Wildman–Crippen LogP) is 4.14. The van der Waals surface area contributed by atoms with E-state index in [0.29, 0.717) is 10.6 Å². The van der Waals surface area contributed by atoms with E-state index in [9.17, 15) is 8.42 Å². The van der Waals surface area contributed by atoms with Crippen molar-refractivity contribution in [1.29, 1.82) is 0 Å². The quantitative estimate of drug-likeness (QED) is 0.891. The van der Waals surface area contributed by atoms with E-state index in [-0.39, 0.29) is 11.8 Å². The first-order valence-electron chi connectivity index (χ1n) is 7.08. The third-order valence-corrected chi connectivity index (χ3v) is 5.20. The fourth-order valence-corrected chi connectivity index (χ4v) is 3.99. The summed E-state index contributed by atoms with van der Waals surface area (Å²) in [5.41, 5.74) is 3.95. The zero-order chi connectivity index (χ0) is 16.3. The molecule has 2 rings (SSSR count). The molecule has 3 nitrogen and oxygen atoms in total. The molecule has 0 fully saturated rings. The zero-order valence-corrected chi connectivity index (χ0v) is 14.5. The molecule has 0 unspecified atom stereocenters. The second-order valence-corrected chi connectivity index (χ2v) is 7.78. The van der Waals surface area contributed by atoms with E-state index in [1.165, 1.54) is 0 Å². The van der Waals surface area contributed by atoms with Gasteiger partial charge in [-0.15, -0.1) is 0 Å². The molecule has 2 aromatic carbocycles. The molecule has 1 N–H and O–H groups in total. The SMILES string of the molecule is Cc1ccc([C@@H](C)NS(=O)(=O)Cc2ccc(Cl)cc2)c(C)c1. The number of benzene rings is 2. The van der Waals surface area contributed by atoms with E-state index in [1.807, 2.05) is 32.9 Å². The van der Waals surface area contributed by atoms with Gasteiger partial charge in [0, 0.05) is 11.1 Å². The van der Waals surface area contributed by atoms with Crippen molar-refractivity contribution >= 4 is 21.6 Å². The Hall–Kier alpha value is -1.36. The Morgan fingerprint density at radius 1 is 1.09 bits per heavy atom. The van der Waals surface area contributed by atoms with Gasteiger partial charge in [0.15, 0.2) is 0 Å². The van der Waals surface area contributed by atoms with Crippen molar-refractivity contribution < 1.29 is 8.42 Å². The highest BCUT2D eigenvalue weighted by Gasteiger charge is 2.17. The van der Waals surface area contributed by atoms with E-state index >= 15 is 0 Å². The highest BCUT2D eigenvalue weighted by molar-refractivity contribution is 7.88. The summed E-state index contributed by atoms with van der Waals surface area (Å²) in [7, 11) is -3.41. The number of halogens is 1. The molecule has 0 spiro atoms. The van der Waals surface area contributed by atoms with Crippen LogP contribution in [0.5, 0.6) is 0 Å². The maximum absolute atomic E-state index is 12.3. The smallest absolute Gasteiger partial charge is 0.212 e. The lowest BCUT2D eigenvalue weighted by Gasteiger charge is -2.17. The minimum atomic E-state index is -3.41. The van der Waals surface area contributed by atoms with Gasteiger partial charge in [0.1, 0.15) is 0 Å². The largest absolute Gasteiger partial charge is 0.216 e. The Morgan fingerprint density at radius 3 is 2.32 bits per heavy atom. The summed E-state index contributed by atoms with van der Waals surface area (Å²) in [6.07, 6.45) is 0. The van der Waals surface area contributed by atoms with Crippen LogP contribution in [-0.4, -0.2) is 8.42 Å². The van der Waals surface area contributed by atoms with Gasteiger partial charge in [0.2, 0.25) is 10.0 Å². The van der Waals surface area contributed by atoms with Crippen molar-refractivity contribution in [3.05, 3.63) is 69.7 Å². The lowest BCUT2D eigenvalue weighted by Crippen LogP contribution is -2.28. The summed E-state index contributed by atoms with van der Waals surface area (Å²) in [4.78, 5) is 0. The van der Waals surface area contributed by atoms with Gasteiger partial charge in [-0.3, -0.25) is 0 Å². The molecule has 0 saturated carbocycles. The second kappa shape index (κ2) is 6.82. The third-order valence-electron chi connectivity index (χ3n) is 3.52. The fourth-order valence-electron chi connectivity index (χ4n) is 2.49. The third kappa shape index (κ3) is 4.57. The summed E-state index contributed by atoms with van der Waals surface area (Å²) < 4.78 is 27.3. The van der Waals surface area contributed by atoms with Crippen LogP contribution in [0.2, 0.25) is 5.02 Å². The number of nitrogens with one attached hydrogen (secondary N) is 1. The van der Waals surface area contributed by atoms with Gasteiger partial charge < -0.3 is 0 Å². The first-order chi connectivity index (χ1) is 10.3. The maximum Gasteiger partial charge on any atom is 0.216 e. The van der Waals surface area contributed by atoms with Crippen LogP contribution in [0.25, 0.3) is 0 Å². The minimum Gasteiger partial charge on any atom is -0.212 e. The Morgan fingerprint density at radius 2 is 1.73 bits per heavy atom. The molecule has 0 heterocycles. The molecule has 0 aliphatic rings. The minimum absolute atomic E-state index is 0.0561. The van der Waals surface area contributed by atoms with Crippen LogP contribution < -0.4 is 4.72 Å². The van der Waals surface area contributed by atoms with E-state index in [0.717, 1.165) is 16.7 Å². The van der Waals surface area contributed by atoms with Crippen molar-refractivity contribution in [2.75, 3.05) is 0 Å². The first kappa shape index (κ1) is 17.0. The van der Waals surface area contributed by atoms with Gasteiger partial charge in [-0.2, -0.15) is 0 Å². The standard InChI is InChI=1S/C17H20ClNO2S/c1-12-4-9-17(13(2)10-12)14(3)19-22(20,21)11-15-5-7-16(18)8-6-15/h4-10,14,19H,11H2,1-3H3/t14-/m1/s1. The molecule has 0 saturated heterocycles. The molecule has 0 aromatic heterocycles. The Kier molecular flexibility index (Phi) is 5.27. The first-order valence-corrected chi connectivity index (χ1v) is 9.11. The highest BCUT2D eigenvalue weighted by atomic mass is 35.5. The van der Waals surface area contributed by atoms with Gasteiger partial charge in [-0.1, -0.05) is 47.5 Å². The monoisotopic (exact) mass is 337 g/mol. The highest BCUT2D eigenvalue weighted by Crippen LogP contribution is 2.20. The molecule has 0 bridgehead atoms. The van der Waals surface area contributed by atoms with Crippen LogP contribution in [-0.2, 0) is 15.8 Å². The average molecular weight is 338 g/mol. The Balaban J connectivity index is 2.12. The van der Waals surface area contributed by atoms with Gasteiger partial charge in [0.05, 0.1) is 5.75 Å². The normalized spacial score (nSPS) is 13.1. The van der Waals surface area contributed by atoms with Gasteiger partial charge in [-0.05, 0) is 49.6 Å². The van der Waals surface area contributed by atoms with Crippen LogP contribution in [0.1, 0.15) is 35.2 Å². The van der Waals surface area contributed by atoms with Crippen LogP contribution >= 0.6 is 11.6 Å². The number of hydrogen-bond donors (Lipinski definition) is 1. The molecule has 118 valence electrons. The van der Waals surface area contributed by atoms with Crippen LogP contribution in [0.15, 0.2) is 42.5 Å². The summed E-state index contributed by atoms with van der Waals surface area (Å²) in [5.74, 6) is -0.0561. The topological polar surface area (TPSA) is 46.2 Å². The van der Waals surface area contributed by atoms with Gasteiger partial charge in [-0.25, -0.2) is 13.1 Å². The molecular formula is C17H20ClNO2S. The van der Waals surface area contributed by atoms with E-state index < -0.39 is 10.0 Å². The summed E-state index contributed by atoms with van der Waals surface area (Å²) >= 11 is 5.81. The molecule has 5 heteroatoms. The van der Waals surface area contributed by atoms with Crippen LogP contribution in [0.3, 0.4) is 0 Å². The molecule has 0 radical (unpaired) electrons. The van der Waals surface area contributed by atoms with Gasteiger partial charge >= 0.3 is 0 Å². The van der Waals surface area contributed by atoms with Crippen molar-refractivity contribution in [3.63, 3.8) is 0 Å². The lowest BCUT2D eigenvalue weighted by atomic mass is 10.0. The Labute approximate surface area is 137 Å². The lowest BCUT2D eigenvalue weighted by molar-refractivity contribution is 0.565. The van der Waals surface area contributed by atoms with E-state index in [4.69, 9.17) is 11.6 Å². The van der Waals surface area contributed by atoms with Crippen LogP contribution in [0, 0.1) is 13.8 Å². The molecule has 0 aliphatic heterocycles. The van der Waals surface area contributed by atoms with Crippen molar-refractivity contribution in [2.45, 2.75) is 32.6 Å². The summed E-state index contributed by atoms with van der Waals surface area (Å²) in [5, 5.41) is 0.595. The fraction of sp³-hybridized carbons (Fsp3) is 0.294. The van der Waals surface area contributed by atoms with E-state index in [2.05, 4.69) is 10.8 Å². The van der Waals surface area contributed by atoms with Gasteiger partial charge in [0.25, 0.3) is 0 Å². The molecule has 2 aromatic rings. The number of rotatable bonds is 5. The summed E-state index contributed by atoms with van der Waals surface area (Å²) in [6.45, 7) is 5.87. The second-order valence-electron chi connectivity index (χ2n) is 5.59. The average Bonchev–Trinajstić information content (AvgIpc) is 2.40. The molecule has 0 amide bonds. The zero-order valence-electron chi connectivity index (χ0n) is 12.9. The number of aryl methyl sites for hydroxylation is 2. The number of sulfonamides is 1. The van der Waals surface area contributed by atoms with Crippen molar-refractivity contribution in [1.82, 2.24) is 4.72 Å². The predicted molar refractivity (Wildman–Crippen MR) is 91.5 cm³/mol. The summed E-state index contributed by atoms with van der Waals surface area (Å²) in [6, 6.07) is 12.6. The van der Waals surface area contributed by atoms with Crippen molar-refractivity contribution in [2.24, 2.45) is 0 Å². The Bertz CT molecular complexity index is 755. The molecular weight excluding hydrogens is 318 g/mol. The maximum atomic E-state index is 12.3.